The summed E-state index contributed by atoms with van der Waals surface area (Å²) in [5.41, 5.74) is -0.159. The number of ether oxygens (including phenoxy) is 1. The minimum atomic E-state index is -0.543. The normalized spacial score (nSPS) is 19.1. The summed E-state index contributed by atoms with van der Waals surface area (Å²) >= 11 is -0.235. The third-order valence-electron chi connectivity index (χ3n) is 3.31. The van der Waals surface area contributed by atoms with Crippen molar-refractivity contribution in [2.45, 2.75) is 18.9 Å². The molecule has 1 aromatic heterocycles. The maximum atomic E-state index is 12.4. The van der Waals surface area contributed by atoms with Gasteiger partial charge in [-0.1, -0.05) is 0 Å². The molecule has 1 aromatic carbocycles. The summed E-state index contributed by atoms with van der Waals surface area (Å²) in [6.45, 7) is 0. The molecule has 20 heavy (non-hydrogen) atoms. The monoisotopic (exact) mass is 340 g/mol. The second kappa shape index (κ2) is 4.92. The van der Waals surface area contributed by atoms with Gasteiger partial charge in [-0.05, 0) is 0 Å². The van der Waals surface area contributed by atoms with E-state index < -0.39 is 6.04 Å². The summed E-state index contributed by atoms with van der Waals surface area (Å²) in [6.07, 6.45) is 0.666. The van der Waals surface area contributed by atoms with Gasteiger partial charge in [-0.3, -0.25) is 0 Å². The van der Waals surface area contributed by atoms with E-state index in [0.29, 0.717) is 17.6 Å². The van der Waals surface area contributed by atoms with Crippen LogP contribution >= 0.6 is 0 Å². The van der Waals surface area contributed by atoms with Gasteiger partial charge in [-0.2, -0.15) is 0 Å². The Balaban J connectivity index is 2.08. The number of aromatic nitrogens is 1. The van der Waals surface area contributed by atoms with Crippen molar-refractivity contribution in [1.82, 2.24) is 8.88 Å². The number of carbonyl (C=O) groups excluding carboxylic acids is 2. The molecule has 0 aliphatic carbocycles. The molecule has 1 unspecified atom stereocenters. The number of methoxy groups -OCH3 is 1. The van der Waals surface area contributed by atoms with Crippen LogP contribution in [0.1, 0.15) is 18.9 Å². The first-order chi connectivity index (χ1) is 9.60. The van der Waals surface area contributed by atoms with Crippen LogP contribution in [0.2, 0.25) is 0 Å². The van der Waals surface area contributed by atoms with Gasteiger partial charge in [0, 0.05) is 0 Å². The third-order valence-corrected chi connectivity index (χ3v) is 5.76. The number of amides is 2. The molecule has 0 radical (unpaired) electrons. The zero-order valence-electron chi connectivity index (χ0n) is 10.7. The van der Waals surface area contributed by atoms with Crippen LogP contribution in [0.25, 0.3) is 9.65 Å². The van der Waals surface area contributed by atoms with E-state index in [4.69, 9.17) is 4.74 Å². The molecule has 2 aromatic rings. The molecule has 6 nitrogen and oxygen atoms in total. The average Bonchev–Trinajstić information content (AvgIpc) is 2.76. The van der Waals surface area contributed by atoms with Gasteiger partial charge in [0.25, 0.3) is 0 Å². The molecule has 1 aliphatic heterocycles. The number of piperidine rings is 1. The van der Waals surface area contributed by atoms with Crippen LogP contribution in [0.15, 0.2) is 23.0 Å². The summed E-state index contributed by atoms with van der Waals surface area (Å²) < 4.78 is 7.64. The first-order valence-electron chi connectivity index (χ1n) is 6.13. The second-order valence-corrected chi connectivity index (χ2v) is 6.68. The van der Waals surface area contributed by atoms with Crippen LogP contribution in [-0.4, -0.2) is 37.2 Å². The first kappa shape index (κ1) is 13.1. The molecule has 1 saturated heterocycles. The molecule has 0 spiro atoms. The molecule has 104 valence electrons. The van der Waals surface area contributed by atoms with Crippen LogP contribution in [0.3, 0.4) is 0 Å². The number of nitrogens with zero attached hydrogens (tertiary/aromatic N) is 1. The number of hydrogen-bond acceptors (Lipinski definition) is 4. The fourth-order valence-corrected chi connectivity index (χ4v) is 4.56. The van der Waals surface area contributed by atoms with E-state index in [1.807, 2.05) is 12.1 Å². The van der Waals surface area contributed by atoms with Crippen LogP contribution < -0.4 is 15.6 Å². The Hall–Kier alpha value is -1.85. The molecule has 0 bridgehead atoms. The van der Waals surface area contributed by atoms with E-state index in [1.165, 1.54) is 0 Å². The van der Waals surface area contributed by atoms with Crippen LogP contribution in [0.4, 0.5) is 0 Å². The first-order valence-corrected chi connectivity index (χ1v) is 7.75. The van der Waals surface area contributed by atoms with Gasteiger partial charge in [0.2, 0.25) is 0 Å². The fraction of sp³-hybridized carbons (Fsp3) is 0.308. The molecule has 3 rings (SSSR count). The number of carbonyl (C=O) groups is 2. The van der Waals surface area contributed by atoms with Crippen molar-refractivity contribution in [3.8, 4) is 5.75 Å². The number of nitrogens with one attached hydrogen (secondary N) is 1. The van der Waals surface area contributed by atoms with Gasteiger partial charge < -0.3 is 0 Å². The topological polar surface area (TPSA) is 77.4 Å². The Morgan fingerprint density at radius 2 is 2.15 bits per heavy atom. The number of imide groups is 1. The van der Waals surface area contributed by atoms with E-state index in [-0.39, 0.29) is 38.5 Å². The molecule has 2 heterocycles. The SMILES string of the molecule is COc1ccc2[se]n(C3CCC(=O)NC3=O)c(=O)c2c1. The van der Waals surface area contributed by atoms with E-state index >= 15 is 0 Å². The summed E-state index contributed by atoms with van der Waals surface area (Å²) in [5.74, 6) is -0.0288. The summed E-state index contributed by atoms with van der Waals surface area (Å²) in [6, 6.07) is 4.82. The summed E-state index contributed by atoms with van der Waals surface area (Å²) in [5, 5.41) is 2.88. The Labute approximate surface area is 120 Å². The number of rotatable bonds is 2. The van der Waals surface area contributed by atoms with Gasteiger partial charge >= 0.3 is 120 Å². The fourth-order valence-electron chi connectivity index (χ4n) is 2.26. The van der Waals surface area contributed by atoms with Gasteiger partial charge in [0.15, 0.2) is 0 Å². The molecular weight excluding hydrogens is 327 g/mol. The molecule has 1 atom stereocenters. The molecule has 1 aliphatic rings. The Morgan fingerprint density at radius 3 is 2.85 bits per heavy atom. The van der Waals surface area contributed by atoms with E-state index in [1.54, 1.807) is 16.7 Å². The number of benzene rings is 1. The van der Waals surface area contributed by atoms with E-state index in [2.05, 4.69) is 5.32 Å². The van der Waals surface area contributed by atoms with E-state index in [0.717, 1.165) is 4.26 Å². The van der Waals surface area contributed by atoms with Crippen molar-refractivity contribution in [3.63, 3.8) is 0 Å². The molecule has 1 N–H and O–H groups in total. The number of hydrogen-bond donors (Lipinski definition) is 1. The van der Waals surface area contributed by atoms with Crippen molar-refractivity contribution in [2.75, 3.05) is 7.11 Å². The maximum absolute atomic E-state index is 12.4. The standard InChI is InChI=1S/C13H12N2O4Se/c1-19-7-2-4-10-8(6-7)13(18)15(20-10)9-3-5-11(16)14-12(9)17/h2,4,6,9H,3,5H2,1H3,(H,14,16,17). The molecule has 2 amide bonds. The van der Waals surface area contributed by atoms with Crippen molar-refractivity contribution >= 4 is 36.2 Å². The van der Waals surface area contributed by atoms with Crippen molar-refractivity contribution in [1.29, 1.82) is 0 Å². The van der Waals surface area contributed by atoms with Gasteiger partial charge in [0.1, 0.15) is 0 Å². The molecular formula is C13H12N2O4Se. The van der Waals surface area contributed by atoms with Crippen molar-refractivity contribution in [2.24, 2.45) is 0 Å². The van der Waals surface area contributed by atoms with E-state index in [9.17, 15) is 14.4 Å². The van der Waals surface area contributed by atoms with Crippen LogP contribution in [0, 0.1) is 0 Å². The minimum absolute atomic E-state index is 0.159. The molecule has 1 fully saturated rings. The predicted octanol–water partition coefficient (Wildman–Crippen LogP) is 0.0448. The van der Waals surface area contributed by atoms with Crippen LogP contribution in [-0.2, 0) is 9.59 Å². The zero-order valence-corrected chi connectivity index (χ0v) is 12.4. The predicted molar refractivity (Wildman–Crippen MR) is 73.1 cm³/mol. The summed E-state index contributed by atoms with van der Waals surface area (Å²) in [7, 11) is 1.55. The quantitative estimate of drug-likeness (QED) is 0.619. The molecule has 7 heteroatoms. The average molecular weight is 339 g/mol. The van der Waals surface area contributed by atoms with Gasteiger partial charge in [-0.15, -0.1) is 0 Å². The second-order valence-electron chi connectivity index (χ2n) is 4.55. The Kier molecular flexibility index (Phi) is 3.23. The number of fused-ring (bicyclic) bond motifs is 1. The summed E-state index contributed by atoms with van der Waals surface area (Å²) in [4.78, 5) is 35.5. The molecule has 0 saturated carbocycles. The van der Waals surface area contributed by atoms with Gasteiger partial charge in [0.05, 0.1) is 0 Å². The third kappa shape index (κ3) is 2.09. The van der Waals surface area contributed by atoms with Crippen molar-refractivity contribution in [3.05, 3.63) is 28.6 Å². The Bertz CT molecular complexity index is 761. The zero-order chi connectivity index (χ0) is 14.3. The van der Waals surface area contributed by atoms with Crippen LogP contribution in [0.5, 0.6) is 5.75 Å². The van der Waals surface area contributed by atoms with Gasteiger partial charge in [-0.25, -0.2) is 0 Å². The van der Waals surface area contributed by atoms with Crippen molar-refractivity contribution < 1.29 is 14.3 Å². The Morgan fingerprint density at radius 1 is 1.35 bits per heavy atom.